The van der Waals surface area contributed by atoms with Crippen molar-refractivity contribution in [1.29, 1.82) is 0 Å². The van der Waals surface area contributed by atoms with Gasteiger partial charge < -0.3 is 15.0 Å². The lowest BCUT2D eigenvalue weighted by Crippen LogP contribution is -2.40. The molecule has 0 saturated carbocycles. The number of benzene rings is 2. The minimum absolute atomic E-state index is 0.0316. The van der Waals surface area contributed by atoms with Crippen LogP contribution in [0.1, 0.15) is 16.7 Å². The van der Waals surface area contributed by atoms with E-state index < -0.39 is 23.4 Å². The number of carboxylic acid groups (broad SMARTS) is 1. The van der Waals surface area contributed by atoms with Gasteiger partial charge in [-0.1, -0.05) is 30.3 Å². The largest absolute Gasteiger partial charge is 0.465 e. The lowest BCUT2D eigenvalue weighted by Gasteiger charge is -2.23. The van der Waals surface area contributed by atoms with E-state index in [1.54, 1.807) is 4.57 Å². The van der Waals surface area contributed by atoms with E-state index in [-0.39, 0.29) is 18.1 Å². The van der Waals surface area contributed by atoms with Crippen LogP contribution in [0.25, 0.3) is 22.6 Å². The fourth-order valence-electron chi connectivity index (χ4n) is 3.69. The van der Waals surface area contributed by atoms with E-state index in [2.05, 4.69) is 20.3 Å². The number of aromatic amines is 1. The van der Waals surface area contributed by atoms with Crippen LogP contribution in [0, 0.1) is 13.8 Å². The summed E-state index contributed by atoms with van der Waals surface area (Å²) < 4.78 is 1.70. The van der Waals surface area contributed by atoms with Gasteiger partial charge >= 0.3 is 11.8 Å². The van der Waals surface area contributed by atoms with Crippen LogP contribution in [-0.2, 0) is 13.0 Å². The standard InChI is InChI=1S/C22H21N5O4/c1-12-8-16-17(9-13(12)2)27(19-18(24-16)20(28)26-21(29)25-19)11-15(23-22(30)31)10-14-6-4-3-5-7-14/h3-9,15,23H,10-11H2,1-2H3,(H,30,31)(H,26,28,29). The average molecular weight is 419 g/mol. The van der Waals surface area contributed by atoms with Crippen LogP contribution in [0.5, 0.6) is 0 Å². The molecule has 2 aliphatic heterocycles. The third-order valence-electron chi connectivity index (χ3n) is 5.28. The van der Waals surface area contributed by atoms with Crippen LogP contribution in [-0.4, -0.2) is 36.8 Å². The number of aromatic nitrogens is 4. The van der Waals surface area contributed by atoms with Gasteiger partial charge in [0, 0.05) is 6.54 Å². The highest BCUT2D eigenvalue weighted by molar-refractivity contribution is 5.81. The number of nitrogens with zero attached hydrogens (tertiary/aromatic N) is 3. The maximum absolute atomic E-state index is 12.4. The Hall–Kier alpha value is -4.01. The van der Waals surface area contributed by atoms with E-state index in [0.717, 1.165) is 16.7 Å². The zero-order chi connectivity index (χ0) is 22.1. The van der Waals surface area contributed by atoms with Gasteiger partial charge in [0.25, 0.3) is 5.56 Å². The first-order valence-corrected chi connectivity index (χ1v) is 9.77. The molecule has 31 heavy (non-hydrogen) atoms. The minimum atomic E-state index is -1.16. The molecule has 0 radical (unpaired) electrons. The molecule has 0 bridgehead atoms. The third-order valence-corrected chi connectivity index (χ3v) is 5.28. The Kier molecular flexibility index (Phi) is 5.24. The van der Waals surface area contributed by atoms with Gasteiger partial charge in [0.2, 0.25) is 0 Å². The zero-order valence-electron chi connectivity index (χ0n) is 17.0. The van der Waals surface area contributed by atoms with Gasteiger partial charge in [-0.05, 0) is 49.1 Å². The second-order valence-electron chi connectivity index (χ2n) is 7.53. The van der Waals surface area contributed by atoms with E-state index in [9.17, 15) is 19.5 Å². The monoisotopic (exact) mass is 419 g/mol. The second kappa shape index (κ2) is 8.02. The molecule has 158 valence electrons. The first kappa shape index (κ1) is 20.3. The van der Waals surface area contributed by atoms with Crippen molar-refractivity contribution in [2.24, 2.45) is 0 Å². The molecule has 0 aliphatic carbocycles. The molecule has 9 nitrogen and oxygen atoms in total. The van der Waals surface area contributed by atoms with E-state index >= 15 is 0 Å². The van der Waals surface area contributed by atoms with E-state index in [1.807, 2.05) is 56.3 Å². The van der Waals surface area contributed by atoms with Crippen LogP contribution in [0.15, 0.2) is 52.1 Å². The highest BCUT2D eigenvalue weighted by Gasteiger charge is 2.22. The molecule has 0 saturated heterocycles. The summed E-state index contributed by atoms with van der Waals surface area (Å²) in [4.78, 5) is 46.4. The van der Waals surface area contributed by atoms with Crippen LogP contribution in [0.4, 0.5) is 4.79 Å². The van der Waals surface area contributed by atoms with E-state index in [4.69, 9.17) is 0 Å². The van der Waals surface area contributed by atoms with Gasteiger partial charge in [0.1, 0.15) is 0 Å². The summed E-state index contributed by atoms with van der Waals surface area (Å²) in [6.07, 6.45) is -0.740. The fraction of sp³-hybridized carbons (Fsp3) is 0.227. The zero-order valence-corrected chi connectivity index (χ0v) is 17.0. The van der Waals surface area contributed by atoms with Gasteiger partial charge in [0.15, 0.2) is 11.5 Å². The Labute approximate surface area is 176 Å². The molecule has 1 unspecified atom stereocenters. The molecule has 9 heteroatoms. The minimum Gasteiger partial charge on any atom is -0.465 e. The fourth-order valence-corrected chi connectivity index (χ4v) is 3.69. The number of fused-ring (bicyclic) bond motifs is 2. The van der Waals surface area contributed by atoms with Crippen molar-refractivity contribution < 1.29 is 9.90 Å². The van der Waals surface area contributed by atoms with E-state index in [1.165, 1.54) is 0 Å². The molecule has 1 atom stereocenters. The van der Waals surface area contributed by atoms with Crippen molar-refractivity contribution in [3.8, 4) is 11.5 Å². The van der Waals surface area contributed by atoms with Crippen LogP contribution in [0.2, 0.25) is 0 Å². The van der Waals surface area contributed by atoms with Crippen LogP contribution >= 0.6 is 0 Å². The normalized spacial score (nSPS) is 12.2. The van der Waals surface area contributed by atoms with Crippen molar-refractivity contribution >= 4 is 17.1 Å². The maximum atomic E-state index is 12.4. The Balaban J connectivity index is 1.91. The summed E-state index contributed by atoms with van der Waals surface area (Å²) in [5.74, 6) is 0.120. The Morgan fingerprint density at radius 1 is 1.13 bits per heavy atom. The molecule has 1 amide bonds. The highest BCUT2D eigenvalue weighted by atomic mass is 16.4. The third kappa shape index (κ3) is 4.16. The summed E-state index contributed by atoms with van der Waals surface area (Å²) >= 11 is 0. The highest BCUT2D eigenvalue weighted by Crippen LogP contribution is 2.24. The number of amides is 1. The molecule has 2 aliphatic rings. The van der Waals surface area contributed by atoms with Gasteiger partial charge in [-0.3, -0.25) is 9.78 Å². The average Bonchev–Trinajstić information content (AvgIpc) is 2.70. The molecule has 2 aromatic carbocycles. The van der Waals surface area contributed by atoms with Gasteiger partial charge in [-0.15, -0.1) is 0 Å². The number of hydrogen-bond donors (Lipinski definition) is 3. The number of carbonyl (C=O) groups is 1. The predicted molar refractivity (Wildman–Crippen MR) is 116 cm³/mol. The molecular formula is C22H21N5O4. The smallest absolute Gasteiger partial charge is 0.404 e. The number of hydrogen-bond acceptors (Lipinski definition) is 5. The number of aryl methyl sites for hydroxylation is 2. The Bertz CT molecular complexity index is 1360. The van der Waals surface area contributed by atoms with Gasteiger partial charge in [-0.2, -0.15) is 4.98 Å². The summed E-state index contributed by atoms with van der Waals surface area (Å²) in [5, 5.41) is 11.9. The van der Waals surface area contributed by atoms with Crippen molar-refractivity contribution in [2.75, 3.05) is 0 Å². The molecule has 2 aromatic rings. The molecular weight excluding hydrogens is 398 g/mol. The molecule has 0 aromatic heterocycles. The summed E-state index contributed by atoms with van der Waals surface area (Å²) in [6, 6.07) is 12.7. The predicted octanol–water partition coefficient (Wildman–Crippen LogP) is 2.08. The lowest BCUT2D eigenvalue weighted by atomic mass is 10.0. The lowest BCUT2D eigenvalue weighted by molar-refractivity contribution is 0.188. The molecule has 0 spiro atoms. The Morgan fingerprint density at radius 2 is 1.84 bits per heavy atom. The summed E-state index contributed by atoms with van der Waals surface area (Å²) in [6.45, 7) is 4.05. The number of nitrogens with one attached hydrogen (secondary N) is 2. The van der Waals surface area contributed by atoms with Crippen molar-refractivity contribution in [3.63, 3.8) is 0 Å². The maximum Gasteiger partial charge on any atom is 0.404 e. The molecule has 3 N–H and O–H groups in total. The van der Waals surface area contributed by atoms with Crippen molar-refractivity contribution in [2.45, 2.75) is 32.9 Å². The van der Waals surface area contributed by atoms with Crippen LogP contribution in [0.3, 0.4) is 0 Å². The topological polar surface area (TPSA) is 130 Å². The SMILES string of the molecule is Cc1cc2nc3c(=O)[nH]c(=O)nc-3n(CC(Cc3ccccc3)NC(=O)O)c2cc1C. The van der Waals surface area contributed by atoms with Crippen molar-refractivity contribution in [3.05, 3.63) is 80.0 Å². The van der Waals surface area contributed by atoms with Crippen LogP contribution < -0.4 is 16.6 Å². The first-order chi connectivity index (χ1) is 14.8. The van der Waals surface area contributed by atoms with Gasteiger partial charge in [0.05, 0.1) is 17.1 Å². The Morgan fingerprint density at radius 3 is 2.55 bits per heavy atom. The summed E-state index contributed by atoms with van der Waals surface area (Å²) in [5.41, 5.74) is 2.81. The quantitative estimate of drug-likeness (QED) is 0.425. The first-order valence-electron chi connectivity index (χ1n) is 9.77. The number of H-pyrrole nitrogens is 1. The molecule has 0 fully saturated rings. The van der Waals surface area contributed by atoms with Crippen molar-refractivity contribution in [1.82, 2.24) is 24.8 Å². The van der Waals surface area contributed by atoms with E-state index in [0.29, 0.717) is 17.5 Å². The molecule has 2 heterocycles. The second-order valence-corrected chi connectivity index (χ2v) is 7.53. The summed E-state index contributed by atoms with van der Waals surface area (Å²) in [7, 11) is 0. The van der Waals surface area contributed by atoms with Gasteiger partial charge in [-0.25, -0.2) is 14.6 Å². The number of rotatable bonds is 5. The molecule has 4 rings (SSSR count).